The van der Waals surface area contributed by atoms with Crippen LogP contribution in [0.2, 0.25) is 0 Å². The molecule has 0 bridgehead atoms. The molecule has 2 amide bonds. The molecule has 0 aromatic rings. The van der Waals surface area contributed by atoms with Crippen LogP contribution in [0.1, 0.15) is 39.5 Å². The second-order valence-electron chi connectivity index (χ2n) is 6.06. The Kier molecular flexibility index (Phi) is 5.94. The van der Waals surface area contributed by atoms with Crippen molar-refractivity contribution < 1.29 is 28.7 Å². The van der Waals surface area contributed by atoms with E-state index in [4.69, 9.17) is 9.47 Å². The van der Waals surface area contributed by atoms with Gasteiger partial charge in [-0.15, -0.1) is 0 Å². The fraction of sp³-hybridized carbons (Fsp3) is 0.625. The van der Waals surface area contributed by atoms with Gasteiger partial charge in [0.1, 0.15) is 0 Å². The molecule has 0 aromatic carbocycles. The monoisotopic (exact) mass is 338 g/mol. The fourth-order valence-corrected chi connectivity index (χ4v) is 1.76. The first-order chi connectivity index (χ1) is 11.3. The first-order valence-corrected chi connectivity index (χ1v) is 8.05. The summed E-state index contributed by atoms with van der Waals surface area (Å²) < 4.78 is 9.76. The van der Waals surface area contributed by atoms with Crippen LogP contribution >= 0.6 is 0 Å². The number of rotatable bonds is 8. The molecule has 8 heteroatoms. The third-order valence-electron chi connectivity index (χ3n) is 3.53. The van der Waals surface area contributed by atoms with Crippen LogP contribution in [0.25, 0.3) is 0 Å². The number of hydrogen-bond donors (Lipinski definition) is 2. The normalized spacial score (nSPS) is 19.2. The standard InChI is InChI=1S/C16H22N2O6/c1-9(15(21)17-11-3-4-11)23-13(19)7-8-14(20)24-10(2)16(22)18-12-5-6-12/h7-12H,3-6H2,1-2H3,(H,17,21)(H,18,22)/b8-7+/t9-,10-/m1/s1. The highest BCUT2D eigenvalue weighted by atomic mass is 16.6. The highest BCUT2D eigenvalue weighted by Crippen LogP contribution is 2.19. The van der Waals surface area contributed by atoms with Crippen molar-refractivity contribution in [3.05, 3.63) is 12.2 Å². The summed E-state index contributed by atoms with van der Waals surface area (Å²) in [4.78, 5) is 46.4. The van der Waals surface area contributed by atoms with Crippen molar-refractivity contribution in [1.29, 1.82) is 0 Å². The number of amides is 2. The summed E-state index contributed by atoms with van der Waals surface area (Å²) in [5, 5.41) is 5.41. The maximum atomic E-state index is 11.6. The molecule has 0 aromatic heterocycles. The first kappa shape index (κ1) is 18.0. The Morgan fingerprint density at radius 1 is 0.792 bits per heavy atom. The Balaban J connectivity index is 1.68. The predicted molar refractivity (Wildman–Crippen MR) is 82.6 cm³/mol. The number of carbonyl (C=O) groups excluding carboxylic acids is 4. The van der Waals surface area contributed by atoms with Crippen molar-refractivity contribution in [2.24, 2.45) is 0 Å². The van der Waals surface area contributed by atoms with Gasteiger partial charge in [0.05, 0.1) is 0 Å². The molecule has 2 rings (SSSR count). The van der Waals surface area contributed by atoms with Gasteiger partial charge in [-0.3, -0.25) is 9.59 Å². The van der Waals surface area contributed by atoms with Gasteiger partial charge in [-0.1, -0.05) is 0 Å². The molecule has 0 heterocycles. The van der Waals surface area contributed by atoms with Crippen LogP contribution in [0.3, 0.4) is 0 Å². The summed E-state index contributed by atoms with van der Waals surface area (Å²) in [6.45, 7) is 2.90. The molecule has 2 aliphatic carbocycles. The Morgan fingerprint density at radius 3 is 1.42 bits per heavy atom. The Labute approximate surface area is 139 Å². The molecular formula is C16H22N2O6. The van der Waals surface area contributed by atoms with E-state index in [2.05, 4.69) is 10.6 Å². The van der Waals surface area contributed by atoms with Gasteiger partial charge < -0.3 is 20.1 Å². The third-order valence-corrected chi connectivity index (χ3v) is 3.53. The van der Waals surface area contributed by atoms with Crippen molar-refractivity contribution in [1.82, 2.24) is 10.6 Å². The molecular weight excluding hydrogens is 316 g/mol. The number of hydrogen-bond acceptors (Lipinski definition) is 6. The average Bonchev–Trinajstić information content (AvgIpc) is 3.41. The molecule has 0 unspecified atom stereocenters. The zero-order valence-electron chi connectivity index (χ0n) is 13.7. The van der Waals surface area contributed by atoms with E-state index in [1.807, 2.05) is 0 Å². The largest absolute Gasteiger partial charge is 0.449 e. The van der Waals surface area contributed by atoms with Crippen molar-refractivity contribution in [2.75, 3.05) is 0 Å². The van der Waals surface area contributed by atoms with E-state index in [0.717, 1.165) is 37.8 Å². The third kappa shape index (κ3) is 6.39. The zero-order valence-corrected chi connectivity index (χ0v) is 13.7. The minimum absolute atomic E-state index is 0.174. The van der Waals surface area contributed by atoms with E-state index in [-0.39, 0.29) is 23.9 Å². The van der Waals surface area contributed by atoms with Crippen LogP contribution in [0, 0.1) is 0 Å². The molecule has 0 spiro atoms. The van der Waals surface area contributed by atoms with E-state index < -0.39 is 24.1 Å². The lowest BCUT2D eigenvalue weighted by Crippen LogP contribution is -2.37. The van der Waals surface area contributed by atoms with Crippen LogP contribution in [-0.2, 0) is 28.7 Å². The molecule has 2 atom stereocenters. The maximum Gasteiger partial charge on any atom is 0.331 e. The predicted octanol–water partition coefficient (Wildman–Crippen LogP) is -0.0368. The average molecular weight is 338 g/mol. The van der Waals surface area contributed by atoms with E-state index in [9.17, 15) is 19.2 Å². The van der Waals surface area contributed by atoms with Crippen LogP contribution in [0.4, 0.5) is 0 Å². The molecule has 8 nitrogen and oxygen atoms in total. The molecule has 0 saturated heterocycles. The Hall–Kier alpha value is -2.38. The Bertz CT molecular complexity index is 503. The van der Waals surface area contributed by atoms with E-state index in [1.54, 1.807) is 0 Å². The molecule has 2 fully saturated rings. The topological polar surface area (TPSA) is 111 Å². The van der Waals surface area contributed by atoms with Crippen molar-refractivity contribution >= 4 is 23.8 Å². The molecule has 2 N–H and O–H groups in total. The zero-order chi connectivity index (χ0) is 17.7. The quantitative estimate of drug-likeness (QED) is 0.475. The van der Waals surface area contributed by atoms with Gasteiger partial charge in [0, 0.05) is 24.2 Å². The van der Waals surface area contributed by atoms with Gasteiger partial charge in [0.2, 0.25) is 0 Å². The molecule has 0 aliphatic heterocycles. The summed E-state index contributed by atoms with van der Waals surface area (Å²) in [7, 11) is 0. The summed E-state index contributed by atoms with van der Waals surface area (Å²) in [6.07, 6.45) is 3.60. The van der Waals surface area contributed by atoms with Crippen LogP contribution in [-0.4, -0.2) is 48.0 Å². The van der Waals surface area contributed by atoms with Crippen molar-refractivity contribution in [2.45, 2.75) is 63.8 Å². The molecule has 24 heavy (non-hydrogen) atoms. The highest BCUT2D eigenvalue weighted by molar-refractivity contribution is 5.94. The molecule has 2 aliphatic rings. The summed E-state index contributed by atoms with van der Waals surface area (Å²) in [6, 6.07) is 0.347. The number of carbonyl (C=O) groups is 4. The van der Waals surface area contributed by atoms with Gasteiger partial charge in [0.15, 0.2) is 12.2 Å². The lowest BCUT2D eigenvalue weighted by atomic mass is 10.3. The second-order valence-corrected chi connectivity index (χ2v) is 6.06. The van der Waals surface area contributed by atoms with Crippen LogP contribution in [0.15, 0.2) is 12.2 Å². The van der Waals surface area contributed by atoms with E-state index >= 15 is 0 Å². The number of nitrogens with one attached hydrogen (secondary N) is 2. The fourth-order valence-electron chi connectivity index (χ4n) is 1.76. The van der Waals surface area contributed by atoms with Gasteiger partial charge in [0.25, 0.3) is 11.8 Å². The van der Waals surface area contributed by atoms with Crippen LogP contribution < -0.4 is 10.6 Å². The minimum atomic E-state index is -0.943. The Morgan fingerprint density at radius 2 is 1.12 bits per heavy atom. The van der Waals surface area contributed by atoms with Crippen molar-refractivity contribution in [3.8, 4) is 0 Å². The van der Waals surface area contributed by atoms with Gasteiger partial charge in [-0.05, 0) is 39.5 Å². The molecule has 2 saturated carbocycles. The van der Waals surface area contributed by atoms with Gasteiger partial charge in [-0.2, -0.15) is 0 Å². The summed E-state index contributed by atoms with van der Waals surface area (Å²) >= 11 is 0. The van der Waals surface area contributed by atoms with Crippen LogP contribution in [0.5, 0.6) is 0 Å². The first-order valence-electron chi connectivity index (χ1n) is 8.05. The van der Waals surface area contributed by atoms with E-state index in [0.29, 0.717) is 0 Å². The van der Waals surface area contributed by atoms with Gasteiger partial charge >= 0.3 is 11.9 Å². The SMILES string of the molecule is C[C@@H](OC(=O)/C=C/C(=O)O[C@H](C)C(=O)NC1CC1)C(=O)NC1CC1. The van der Waals surface area contributed by atoms with Crippen molar-refractivity contribution in [3.63, 3.8) is 0 Å². The summed E-state index contributed by atoms with van der Waals surface area (Å²) in [5.41, 5.74) is 0. The van der Waals surface area contributed by atoms with E-state index in [1.165, 1.54) is 13.8 Å². The maximum absolute atomic E-state index is 11.6. The minimum Gasteiger partial charge on any atom is -0.449 e. The molecule has 132 valence electrons. The summed E-state index contributed by atoms with van der Waals surface area (Å²) in [5.74, 6) is -2.40. The van der Waals surface area contributed by atoms with Gasteiger partial charge in [-0.25, -0.2) is 9.59 Å². The smallest absolute Gasteiger partial charge is 0.331 e. The number of esters is 2. The highest BCUT2D eigenvalue weighted by Gasteiger charge is 2.28. The lowest BCUT2D eigenvalue weighted by molar-refractivity contribution is -0.151. The number of ether oxygens (including phenoxy) is 2. The second kappa shape index (κ2) is 7.94. The lowest BCUT2D eigenvalue weighted by Gasteiger charge is -2.12. The molecule has 0 radical (unpaired) electrons.